The summed E-state index contributed by atoms with van der Waals surface area (Å²) in [6.45, 7) is 10.9. The van der Waals surface area contributed by atoms with E-state index < -0.39 is 0 Å². The molecule has 0 radical (unpaired) electrons. The molecule has 7 heteroatoms. The molecule has 0 fully saturated rings. The first-order chi connectivity index (χ1) is 22.4. The van der Waals surface area contributed by atoms with Crippen molar-refractivity contribution >= 4 is 21.8 Å². The Labute approximate surface area is 289 Å². The van der Waals surface area contributed by atoms with Crippen molar-refractivity contribution in [3.8, 4) is 39.9 Å². The second kappa shape index (κ2) is 13.2. The van der Waals surface area contributed by atoms with Crippen molar-refractivity contribution in [3.63, 3.8) is 0 Å². The first kappa shape index (κ1) is 32.3. The zero-order valence-electron chi connectivity index (χ0n) is 27.4. The van der Waals surface area contributed by atoms with Crippen LogP contribution in [0.3, 0.4) is 0 Å². The van der Waals surface area contributed by atoms with Gasteiger partial charge in [0.05, 0.1) is 12.8 Å². The predicted molar refractivity (Wildman–Crippen MR) is 185 cm³/mol. The Kier molecular flexibility index (Phi) is 9.05. The molecule has 3 aromatic heterocycles. The molecule has 7 aromatic rings. The molecule has 0 aliphatic carbocycles. The molecule has 0 saturated carbocycles. The number of fused-ring (bicyclic) bond motifs is 3. The second-order valence-corrected chi connectivity index (χ2v) is 11.7. The van der Waals surface area contributed by atoms with Crippen LogP contribution in [0, 0.1) is 32.9 Å². The maximum atomic E-state index is 6.44. The number of benzene rings is 4. The Bertz CT molecular complexity index is 2220. The SMILES string of the molecule is CCc1nn(-c2[c-]c(Oc3[c-]c4c(cc3)c3ccccc3n4-c3cc(OC)ccn3)ccc2)c(CC)c1-c1c(C)cc(C)cc1C.[Pd+2]. The van der Waals surface area contributed by atoms with Gasteiger partial charge in [-0.05, 0) is 73.5 Å². The van der Waals surface area contributed by atoms with E-state index in [1.165, 1.54) is 33.5 Å². The van der Waals surface area contributed by atoms with Crippen LogP contribution in [0.15, 0.2) is 85.1 Å². The fourth-order valence-corrected chi connectivity index (χ4v) is 6.70. The molecule has 3 heterocycles. The van der Waals surface area contributed by atoms with Crippen LogP contribution in [0.4, 0.5) is 0 Å². The smallest absolute Gasteiger partial charge is 0.509 e. The minimum absolute atomic E-state index is 0. The number of ether oxygens (including phenoxy) is 2. The molecule has 0 amide bonds. The molecular formula is C40H36N4O2Pd. The van der Waals surface area contributed by atoms with Crippen molar-refractivity contribution in [2.24, 2.45) is 0 Å². The van der Waals surface area contributed by atoms with Crippen molar-refractivity contribution in [3.05, 3.63) is 125 Å². The van der Waals surface area contributed by atoms with Gasteiger partial charge in [-0.15, -0.1) is 35.7 Å². The molecule has 7 rings (SSSR count). The van der Waals surface area contributed by atoms with Gasteiger partial charge in [0.25, 0.3) is 0 Å². The molecule has 0 aliphatic heterocycles. The Morgan fingerprint density at radius 3 is 2.28 bits per heavy atom. The summed E-state index contributed by atoms with van der Waals surface area (Å²) < 4.78 is 16.1. The minimum Gasteiger partial charge on any atom is -0.509 e. The summed E-state index contributed by atoms with van der Waals surface area (Å²) in [5, 5.41) is 7.31. The van der Waals surface area contributed by atoms with Gasteiger partial charge in [0.15, 0.2) is 0 Å². The van der Waals surface area contributed by atoms with Crippen LogP contribution in [-0.4, -0.2) is 26.4 Å². The molecule has 0 spiro atoms. The molecule has 0 saturated heterocycles. The number of nitrogens with zero attached hydrogens (tertiary/aromatic N) is 4. The largest absolute Gasteiger partial charge is 2.00 e. The molecule has 4 aromatic carbocycles. The summed E-state index contributed by atoms with van der Waals surface area (Å²) in [5.41, 5.74) is 11.3. The molecular weight excluding hydrogens is 675 g/mol. The average molecular weight is 711 g/mol. The number of methoxy groups -OCH3 is 1. The van der Waals surface area contributed by atoms with E-state index in [9.17, 15) is 0 Å². The first-order valence-corrected chi connectivity index (χ1v) is 15.8. The van der Waals surface area contributed by atoms with Gasteiger partial charge in [-0.1, -0.05) is 55.3 Å². The normalized spacial score (nSPS) is 11.2. The van der Waals surface area contributed by atoms with E-state index in [0.717, 1.165) is 57.6 Å². The first-order valence-electron chi connectivity index (χ1n) is 15.8. The average Bonchev–Trinajstić information content (AvgIpc) is 3.59. The number of aryl methyl sites for hydroxylation is 4. The molecule has 238 valence electrons. The van der Waals surface area contributed by atoms with Gasteiger partial charge in [0.2, 0.25) is 0 Å². The molecule has 0 unspecified atom stereocenters. The van der Waals surface area contributed by atoms with Crippen molar-refractivity contribution in [1.29, 1.82) is 0 Å². The van der Waals surface area contributed by atoms with Gasteiger partial charge in [-0.2, -0.15) is 17.2 Å². The van der Waals surface area contributed by atoms with Gasteiger partial charge >= 0.3 is 20.4 Å². The van der Waals surface area contributed by atoms with Gasteiger partial charge in [-0.25, -0.2) is 4.98 Å². The molecule has 0 aliphatic rings. The summed E-state index contributed by atoms with van der Waals surface area (Å²) >= 11 is 0. The van der Waals surface area contributed by atoms with Gasteiger partial charge in [0, 0.05) is 40.5 Å². The monoisotopic (exact) mass is 710 g/mol. The summed E-state index contributed by atoms with van der Waals surface area (Å²) in [7, 11) is 1.66. The van der Waals surface area contributed by atoms with E-state index in [1.807, 2.05) is 53.2 Å². The van der Waals surface area contributed by atoms with Crippen LogP contribution in [0.25, 0.3) is 44.4 Å². The Balaban J connectivity index is 0.00000386. The predicted octanol–water partition coefficient (Wildman–Crippen LogP) is 9.48. The standard InChI is InChI=1S/C40H36N4O2.Pd/c1-7-34-40(39-26(4)20-25(3)21-27(39)5)35(8-2)44(42-34)28-12-11-13-30(22-28)46-31-16-17-33-32-14-9-10-15-36(32)43(37(33)23-31)38-24-29(45-6)18-19-41-38;/h9-21,24H,7-8H2,1-6H3;/q-2;+2. The van der Waals surface area contributed by atoms with Gasteiger partial charge in [-0.3, -0.25) is 4.68 Å². The fourth-order valence-electron chi connectivity index (χ4n) is 6.70. The van der Waals surface area contributed by atoms with E-state index in [-0.39, 0.29) is 20.4 Å². The quantitative estimate of drug-likeness (QED) is 0.117. The number of hydrogen-bond acceptors (Lipinski definition) is 4. The molecule has 47 heavy (non-hydrogen) atoms. The maximum absolute atomic E-state index is 6.44. The summed E-state index contributed by atoms with van der Waals surface area (Å²) in [4.78, 5) is 4.66. The molecule has 6 nitrogen and oxygen atoms in total. The number of pyridine rings is 1. The van der Waals surface area contributed by atoms with Crippen LogP contribution >= 0.6 is 0 Å². The third-order valence-electron chi connectivity index (χ3n) is 8.59. The number of aromatic nitrogens is 4. The summed E-state index contributed by atoms with van der Waals surface area (Å²) in [5.74, 6) is 2.67. The zero-order chi connectivity index (χ0) is 31.9. The number of rotatable bonds is 8. The Morgan fingerprint density at radius 2 is 1.53 bits per heavy atom. The van der Waals surface area contributed by atoms with Crippen molar-refractivity contribution in [2.45, 2.75) is 47.5 Å². The van der Waals surface area contributed by atoms with Crippen LogP contribution in [-0.2, 0) is 33.3 Å². The summed E-state index contributed by atoms with van der Waals surface area (Å²) in [6, 6.07) is 33.6. The van der Waals surface area contributed by atoms with Gasteiger partial charge < -0.3 is 14.0 Å². The van der Waals surface area contributed by atoms with E-state index >= 15 is 0 Å². The number of para-hydroxylation sites is 1. The van der Waals surface area contributed by atoms with Crippen molar-refractivity contribution in [1.82, 2.24) is 19.3 Å². The third kappa shape index (κ3) is 5.75. The zero-order valence-corrected chi connectivity index (χ0v) is 29.0. The van der Waals surface area contributed by atoms with E-state index in [2.05, 4.69) is 86.6 Å². The third-order valence-corrected chi connectivity index (χ3v) is 8.59. The Morgan fingerprint density at radius 1 is 0.766 bits per heavy atom. The van der Waals surface area contributed by atoms with E-state index in [4.69, 9.17) is 14.6 Å². The molecule has 0 atom stereocenters. The number of hydrogen-bond donors (Lipinski definition) is 0. The van der Waals surface area contributed by atoms with Crippen LogP contribution in [0.1, 0.15) is 41.9 Å². The topological polar surface area (TPSA) is 54.1 Å². The van der Waals surface area contributed by atoms with Crippen LogP contribution < -0.4 is 9.47 Å². The van der Waals surface area contributed by atoms with Gasteiger partial charge in [0.1, 0.15) is 11.6 Å². The van der Waals surface area contributed by atoms with Crippen molar-refractivity contribution < 1.29 is 29.9 Å². The minimum atomic E-state index is 0. The molecule has 0 bridgehead atoms. The Hall–Kier alpha value is -4.70. The van der Waals surface area contributed by atoms with Crippen LogP contribution in [0.5, 0.6) is 17.2 Å². The van der Waals surface area contributed by atoms with E-state index in [0.29, 0.717) is 11.5 Å². The molecule has 0 N–H and O–H groups in total. The van der Waals surface area contributed by atoms with Crippen molar-refractivity contribution in [2.75, 3.05) is 7.11 Å². The summed E-state index contributed by atoms with van der Waals surface area (Å²) in [6.07, 6.45) is 3.43. The maximum Gasteiger partial charge on any atom is 2.00 e. The second-order valence-electron chi connectivity index (χ2n) is 11.7. The van der Waals surface area contributed by atoms with E-state index in [1.54, 1.807) is 13.3 Å². The fraction of sp³-hybridized carbons (Fsp3) is 0.200. The van der Waals surface area contributed by atoms with Crippen LogP contribution in [0.2, 0.25) is 0 Å².